The normalized spacial score (nSPS) is 9.33. The molecule has 0 radical (unpaired) electrons. The number of nitrogens with two attached hydrogens (primary N) is 1. The molecule has 2 rings (SSSR count). The second kappa shape index (κ2) is 3.59. The minimum atomic E-state index is 0. The Hall–Kier alpha value is -1.02. The van der Waals surface area contributed by atoms with Crippen molar-refractivity contribution < 1.29 is 0 Å². The summed E-state index contributed by atoms with van der Waals surface area (Å²) in [6, 6.07) is 14.1. The molecule has 0 aromatic heterocycles. The summed E-state index contributed by atoms with van der Waals surface area (Å²) in [6.45, 7) is 0. The van der Waals surface area contributed by atoms with Crippen LogP contribution in [-0.4, -0.2) is 0 Å². The van der Waals surface area contributed by atoms with Crippen molar-refractivity contribution in [3.63, 3.8) is 0 Å². The van der Waals surface area contributed by atoms with Crippen LogP contribution in [0.4, 0.5) is 5.69 Å². The van der Waals surface area contributed by atoms with Crippen LogP contribution in [0.5, 0.6) is 0 Å². The summed E-state index contributed by atoms with van der Waals surface area (Å²) in [4.78, 5) is 0. The quantitative estimate of drug-likeness (QED) is 0.684. The summed E-state index contributed by atoms with van der Waals surface area (Å²) in [5.41, 5.74) is 6.61. The van der Waals surface area contributed by atoms with E-state index in [1.165, 1.54) is 5.39 Å². The van der Waals surface area contributed by atoms with Gasteiger partial charge in [0.25, 0.3) is 0 Å². The molecule has 2 aromatic rings. The second-order valence-corrected chi connectivity index (χ2v) is 2.57. The summed E-state index contributed by atoms with van der Waals surface area (Å²) >= 11 is 0. The average Bonchev–Trinajstić information content (AvgIpc) is 2.06. The van der Waals surface area contributed by atoms with E-state index >= 15 is 0 Å². The number of nitrogen functional groups attached to an aromatic ring is 1. The first kappa shape index (κ1) is 9.07. The van der Waals surface area contributed by atoms with Crippen molar-refractivity contribution in [2.24, 2.45) is 0 Å². The Morgan fingerprint density at radius 1 is 0.833 bits per heavy atom. The standard InChI is InChI=1S/C10H9N.BrH/c11-10-7-3-5-8-4-1-2-6-9(8)10;/h1-7H,11H2;1H. The van der Waals surface area contributed by atoms with Crippen LogP contribution in [0, 0.1) is 0 Å². The summed E-state index contributed by atoms with van der Waals surface area (Å²) in [5.74, 6) is 0. The minimum absolute atomic E-state index is 0. The Balaban J connectivity index is 0.000000720. The third-order valence-corrected chi connectivity index (χ3v) is 1.82. The van der Waals surface area contributed by atoms with Gasteiger partial charge in [0.1, 0.15) is 0 Å². The molecule has 0 amide bonds. The van der Waals surface area contributed by atoms with Crippen molar-refractivity contribution in [3.8, 4) is 0 Å². The zero-order chi connectivity index (χ0) is 7.68. The van der Waals surface area contributed by atoms with E-state index in [0.717, 1.165) is 11.1 Å². The van der Waals surface area contributed by atoms with E-state index in [-0.39, 0.29) is 17.0 Å². The number of hydrogen-bond acceptors (Lipinski definition) is 1. The van der Waals surface area contributed by atoms with Gasteiger partial charge >= 0.3 is 0 Å². The van der Waals surface area contributed by atoms with E-state index in [2.05, 4.69) is 12.1 Å². The first-order valence-electron chi connectivity index (χ1n) is 3.61. The van der Waals surface area contributed by atoms with Gasteiger partial charge in [0.15, 0.2) is 0 Å². The van der Waals surface area contributed by atoms with Gasteiger partial charge in [-0.3, -0.25) is 0 Å². The number of anilines is 1. The van der Waals surface area contributed by atoms with Gasteiger partial charge in [-0.15, -0.1) is 17.0 Å². The summed E-state index contributed by atoms with van der Waals surface area (Å²) in [7, 11) is 0. The fourth-order valence-electron chi connectivity index (χ4n) is 1.25. The van der Waals surface area contributed by atoms with E-state index in [9.17, 15) is 0 Å². The highest BCUT2D eigenvalue weighted by molar-refractivity contribution is 8.93. The molecule has 2 heteroatoms. The van der Waals surface area contributed by atoms with Gasteiger partial charge in [0, 0.05) is 11.1 Å². The lowest BCUT2D eigenvalue weighted by molar-refractivity contribution is 1.73. The topological polar surface area (TPSA) is 26.0 Å². The zero-order valence-corrected chi connectivity index (χ0v) is 8.24. The predicted molar refractivity (Wildman–Crippen MR) is 58.7 cm³/mol. The molecule has 0 heterocycles. The van der Waals surface area contributed by atoms with Crippen molar-refractivity contribution in [3.05, 3.63) is 42.5 Å². The fourth-order valence-corrected chi connectivity index (χ4v) is 1.25. The Kier molecular flexibility index (Phi) is 2.71. The first-order valence-corrected chi connectivity index (χ1v) is 3.61. The highest BCUT2D eigenvalue weighted by Gasteiger charge is 1.92. The van der Waals surface area contributed by atoms with E-state index < -0.39 is 0 Å². The Labute approximate surface area is 82.0 Å². The lowest BCUT2D eigenvalue weighted by atomic mass is 10.1. The van der Waals surface area contributed by atoms with Gasteiger partial charge in [-0.1, -0.05) is 36.4 Å². The Morgan fingerprint density at radius 3 is 2.25 bits per heavy atom. The molecule has 0 fully saturated rings. The largest absolute Gasteiger partial charge is 0.398 e. The van der Waals surface area contributed by atoms with Crippen molar-refractivity contribution in [1.29, 1.82) is 0 Å². The van der Waals surface area contributed by atoms with Crippen LogP contribution in [0.3, 0.4) is 0 Å². The maximum atomic E-state index is 5.76. The molecule has 0 saturated carbocycles. The highest BCUT2D eigenvalue weighted by atomic mass is 79.9. The van der Waals surface area contributed by atoms with Gasteiger partial charge in [-0.25, -0.2) is 0 Å². The molecule has 0 bridgehead atoms. The monoisotopic (exact) mass is 223 g/mol. The SMILES string of the molecule is Br.Nc1cccc2ccccc12. The summed E-state index contributed by atoms with van der Waals surface area (Å²) < 4.78 is 0. The lowest BCUT2D eigenvalue weighted by Gasteiger charge is -1.98. The molecule has 0 atom stereocenters. The molecule has 12 heavy (non-hydrogen) atoms. The molecular formula is C10H10BrN. The molecule has 2 aromatic carbocycles. The number of benzene rings is 2. The van der Waals surface area contributed by atoms with Gasteiger partial charge < -0.3 is 5.73 Å². The number of halogens is 1. The fraction of sp³-hybridized carbons (Fsp3) is 0. The molecule has 0 aliphatic rings. The average molecular weight is 224 g/mol. The maximum Gasteiger partial charge on any atom is 0.0393 e. The summed E-state index contributed by atoms with van der Waals surface area (Å²) in [6.07, 6.45) is 0. The number of rotatable bonds is 0. The van der Waals surface area contributed by atoms with Crippen LogP contribution in [-0.2, 0) is 0 Å². The predicted octanol–water partition coefficient (Wildman–Crippen LogP) is 3.00. The third kappa shape index (κ3) is 1.43. The number of hydrogen-bond donors (Lipinski definition) is 1. The van der Waals surface area contributed by atoms with Crippen LogP contribution in [0.25, 0.3) is 10.8 Å². The third-order valence-electron chi connectivity index (χ3n) is 1.82. The highest BCUT2D eigenvalue weighted by Crippen LogP contribution is 2.19. The van der Waals surface area contributed by atoms with E-state index in [1.54, 1.807) is 0 Å². The Bertz CT molecular complexity index is 379. The van der Waals surface area contributed by atoms with Crippen molar-refractivity contribution >= 4 is 33.4 Å². The van der Waals surface area contributed by atoms with Crippen molar-refractivity contribution in [1.82, 2.24) is 0 Å². The van der Waals surface area contributed by atoms with Crippen molar-refractivity contribution in [2.45, 2.75) is 0 Å². The van der Waals surface area contributed by atoms with Gasteiger partial charge in [-0.05, 0) is 11.5 Å². The number of fused-ring (bicyclic) bond motifs is 1. The van der Waals surface area contributed by atoms with Crippen LogP contribution in [0.15, 0.2) is 42.5 Å². The van der Waals surface area contributed by atoms with E-state index in [1.807, 2.05) is 30.3 Å². The van der Waals surface area contributed by atoms with Gasteiger partial charge in [-0.2, -0.15) is 0 Å². The van der Waals surface area contributed by atoms with Crippen LogP contribution >= 0.6 is 17.0 Å². The molecule has 0 saturated heterocycles. The van der Waals surface area contributed by atoms with E-state index in [4.69, 9.17) is 5.73 Å². The molecule has 0 aliphatic heterocycles. The molecule has 2 N–H and O–H groups in total. The lowest BCUT2D eigenvalue weighted by Crippen LogP contribution is -1.84. The first-order chi connectivity index (χ1) is 5.38. The molecular weight excluding hydrogens is 214 g/mol. The smallest absolute Gasteiger partial charge is 0.0393 e. The minimum Gasteiger partial charge on any atom is -0.398 e. The Morgan fingerprint density at radius 2 is 1.50 bits per heavy atom. The second-order valence-electron chi connectivity index (χ2n) is 2.57. The zero-order valence-electron chi connectivity index (χ0n) is 6.53. The molecule has 0 spiro atoms. The molecule has 1 nitrogen and oxygen atoms in total. The summed E-state index contributed by atoms with van der Waals surface area (Å²) in [5, 5.41) is 2.34. The van der Waals surface area contributed by atoms with Crippen molar-refractivity contribution in [2.75, 3.05) is 5.73 Å². The van der Waals surface area contributed by atoms with Crippen LogP contribution < -0.4 is 5.73 Å². The van der Waals surface area contributed by atoms with Crippen LogP contribution in [0.1, 0.15) is 0 Å². The maximum absolute atomic E-state index is 5.76. The van der Waals surface area contributed by atoms with Gasteiger partial charge in [0.05, 0.1) is 0 Å². The molecule has 0 unspecified atom stereocenters. The van der Waals surface area contributed by atoms with E-state index in [0.29, 0.717) is 0 Å². The molecule has 62 valence electrons. The van der Waals surface area contributed by atoms with Gasteiger partial charge in [0.2, 0.25) is 0 Å². The molecule has 0 aliphatic carbocycles. The van der Waals surface area contributed by atoms with Crippen LogP contribution in [0.2, 0.25) is 0 Å².